The summed E-state index contributed by atoms with van der Waals surface area (Å²) in [5, 5.41) is 5.73. The van der Waals surface area contributed by atoms with Crippen LogP contribution in [0.25, 0.3) is 0 Å². The van der Waals surface area contributed by atoms with Crippen molar-refractivity contribution < 1.29 is 18.0 Å². The fraction of sp³-hybridized carbons (Fsp3) is 0.263. The standard InChI is InChI=1S/C19H22ClN3O4S/c1-13(2)19(25)23-16-7-4-6-15(12-16)22-18(24)9-10-21-28(26,27)17-8-3-5-14(20)11-17/h3-8,11-13,21H,9-10H2,1-2H3,(H,22,24)(H,23,25). The highest BCUT2D eigenvalue weighted by Gasteiger charge is 2.14. The zero-order valence-corrected chi connectivity index (χ0v) is 17.1. The minimum absolute atomic E-state index is 0.0361. The van der Waals surface area contributed by atoms with Crippen LogP contribution in [0, 0.1) is 5.92 Å². The molecule has 7 nitrogen and oxygen atoms in total. The predicted molar refractivity (Wildman–Crippen MR) is 110 cm³/mol. The molecule has 0 unspecified atom stereocenters. The highest BCUT2D eigenvalue weighted by molar-refractivity contribution is 7.89. The van der Waals surface area contributed by atoms with E-state index in [1.54, 1.807) is 44.2 Å². The van der Waals surface area contributed by atoms with Gasteiger partial charge < -0.3 is 10.6 Å². The third-order valence-electron chi connectivity index (χ3n) is 3.69. The molecule has 28 heavy (non-hydrogen) atoms. The maximum Gasteiger partial charge on any atom is 0.240 e. The van der Waals surface area contributed by atoms with E-state index in [0.29, 0.717) is 16.4 Å². The third kappa shape index (κ3) is 6.63. The van der Waals surface area contributed by atoms with E-state index in [4.69, 9.17) is 11.6 Å². The summed E-state index contributed by atoms with van der Waals surface area (Å²) in [5.41, 5.74) is 1.07. The first kappa shape index (κ1) is 21.9. The summed E-state index contributed by atoms with van der Waals surface area (Å²) in [6, 6.07) is 12.6. The fourth-order valence-corrected chi connectivity index (χ4v) is 3.53. The molecule has 150 valence electrons. The molecule has 0 aliphatic heterocycles. The van der Waals surface area contributed by atoms with E-state index in [2.05, 4.69) is 15.4 Å². The Kier molecular flexibility index (Phi) is 7.56. The summed E-state index contributed by atoms with van der Waals surface area (Å²) in [5.74, 6) is -0.647. The first-order chi connectivity index (χ1) is 13.2. The lowest BCUT2D eigenvalue weighted by Crippen LogP contribution is -2.27. The number of amides is 2. The maximum absolute atomic E-state index is 12.2. The van der Waals surface area contributed by atoms with Crippen LogP contribution in [0.3, 0.4) is 0 Å². The van der Waals surface area contributed by atoms with Gasteiger partial charge in [0.2, 0.25) is 21.8 Å². The van der Waals surface area contributed by atoms with E-state index in [9.17, 15) is 18.0 Å². The Morgan fingerprint density at radius 2 is 1.64 bits per heavy atom. The highest BCUT2D eigenvalue weighted by atomic mass is 35.5. The van der Waals surface area contributed by atoms with Crippen molar-refractivity contribution in [3.05, 3.63) is 53.6 Å². The smallest absolute Gasteiger partial charge is 0.240 e. The molecule has 0 aromatic heterocycles. The number of sulfonamides is 1. The zero-order chi connectivity index (χ0) is 20.7. The second kappa shape index (κ2) is 9.68. The van der Waals surface area contributed by atoms with Gasteiger partial charge in [0, 0.05) is 35.3 Å². The van der Waals surface area contributed by atoms with Gasteiger partial charge in [-0.15, -0.1) is 0 Å². The van der Waals surface area contributed by atoms with Crippen molar-refractivity contribution in [3.63, 3.8) is 0 Å². The van der Waals surface area contributed by atoms with Gasteiger partial charge in [0.25, 0.3) is 0 Å². The van der Waals surface area contributed by atoms with E-state index in [1.807, 2.05) is 0 Å². The molecule has 0 aliphatic carbocycles. The Morgan fingerprint density at radius 1 is 1.00 bits per heavy atom. The van der Waals surface area contributed by atoms with E-state index in [0.717, 1.165) is 0 Å². The molecule has 0 radical (unpaired) electrons. The molecule has 2 rings (SSSR count). The predicted octanol–water partition coefficient (Wildman–Crippen LogP) is 3.24. The zero-order valence-electron chi connectivity index (χ0n) is 15.5. The average Bonchev–Trinajstić information content (AvgIpc) is 2.61. The Morgan fingerprint density at radius 3 is 2.29 bits per heavy atom. The molecule has 9 heteroatoms. The highest BCUT2D eigenvalue weighted by Crippen LogP contribution is 2.17. The van der Waals surface area contributed by atoms with Crippen LogP contribution >= 0.6 is 11.6 Å². The molecule has 2 amide bonds. The minimum atomic E-state index is -3.74. The van der Waals surface area contributed by atoms with Gasteiger partial charge in [-0.05, 0) is 36.4 Å². The number of nitrogens with one attached hydrogen (secondary N) is 3. The number of benzene rings is 2. The lowest BCUT2D eigenvalue weighted by Gasteiger charge is -2.11. The Hall–Kier alpha value is -2.42. The van der Waals surface area contributed by atoms with Crippen LogP contribution in [0.1, 0.15) is 20.3 Å². The van der Waals surface area contributed by atoms with Crippen LogP contribution in [0.5, 0.6) is 0 Å². The summed E-state index contributed by atoms with van der Waals surface area (Å²) in [6.45, 7) is 3.50. The van der Waals surface area contributed by atoms with Gasteiger partial charge >= 0.3 is 0 Å². The molecule has 0 fully saturated rings. The molecule has 0 aliphatic rings. The van der Waals surface area contributed by atoms with Gasteiger partial charge in [0.15, 0.2) is 0 Å². The number of carbonyl (C=O) groups is 2. The fourth-order valence-electron chi connectivity index (χ4n) is 2.20. The van der Waals surface area contributed by atoms with Crippen LogP contribution in [-0.2, 0) is 19.6 Å². The van der Waals surface area contributed by atoms with Crippen molar-refractivity contribution in [2.24, 2.45) is 5.92 Å². The molecule has 0 spiro atoms. The quantitative estimate of drug-likeness (QED) is 0.606. The molecule has 0 saturated heterocycles. The Labute approximate surface area is 169 Å². The van der Waals surface area contributed by atoms with Gasteiger partial charge in [-0.3, -0.25) is 9.59 Å². The lowest BCUT2D eigenvalue weighted by molar-refractivity contribution is -0.119. The number of hydrogen-bond acceptors (Lipinski definition) is 4. The van der Waals surface area contributed by atoms with Crippen LogP contribution < -0.4 is 15.4 Å². The molecule has 0 saturated carbocycles. The summed E-state index contributed by atoms with van der Waals surface area (Å²) in [6.07, 6.45) is -0.0532. The lowest BCUT2D eigenvalue weighted by atomic mass is 10.2. The second-order valence-electron chi connectivity index (χ2n) is 6.38. The summed E-state index contributed by atoms with van der Waals surface area (Å²) < 4.78 is 26.7. The monoisotopic (exact) mass is 423 g/mol. The van der Waals surface area contributed by atoms with Gasteiger partial charge in [0.1, 0.15) is 0 Å². The van der Waals surface area contributed by atoms with Gasteiger partial charge in [-0.2, -0.15) is 0 Å². The van der Waals surface area contributed by atoms with Crippen molar-refractivity contribution in [1.29, 1.82) is 0 Å². The van der Waals surface area contributed by atoms with Gasteiger partial charge in [0.05, 0.1) is 4.90 Å². The van der Waals surface area contributed by atoms with Crippen molar-refractivity contribution in [2.75, 3.05) is 17.2 Å². The number of halogens is 1. The number of rotatable bonds is 8. The second-order valence-corrected chi connectivity index (χ2v) is 8.58. The van der Waals surface area contributed by atoms with E-state index >= 15 is 0 Å². The van der Waals surface area contributed by atoms with Crippen LogP contribution in [0.15, 0.2) is 53.4 Å². The molecule has 2 aromatic carbocycles. The molecular formula is C19H22ClN3O4S. The molecule has 2 aromatic rings. The number of carbonyl (C=O) groups excluding carboxylic acids is 2. The van der Waals surface area contributed by atoms with Crippen LogP contribution in [-0.4, -0.2) is 26.8 Å². The van der Waals surface area contributed by atoms with Crippen LogP contribution in [0.2, 0.25) is 5.02 Å². The third-order valence-corrected chi connectivity index (χ3v) is 5.38. The molecular weight excluding hydrogens is 402 g/mol. The molecule has 3 N–H and O–H groups in total. The average molecular weight is 424 g/mol. The van der Waals surface area contributed by atoms with Crippen molar-refractivity contribution >= 4 is 44.8 Å². The number of anilines is 2. The first-order valence-electron chi connectivity index (χ1n) is 8.63. The Bertz CT molecular complexity index is 961. The molecule has 0 heterocycles. The summed E-state index contributed by atoms with van der Waals surface area (Å²) >= 11 is 5.80. The largest absolute Gasteiger partial charge is 0.326 e. The van der Waals surface area contributed by atoms with Crippen molar-refractivity contribution in [2.45, 2.75) is 25.2 Å². The van der Waals surface area contributed by atoms with E-state index in [-0.39, 0.29) is 35.6 Å². The van der Waals surface area contributed by atoms with E-state index < -0.39 is 10.0 Å². The SMILES string of the molecule is CC(C)C(=O)Nc1cccc(NC(=O)CCNS(=O)(=O)c2cccc(Cl)c2)c1. The first-order valence-corrected chi connectivity index (χ1v) is 10.5. The van der Waals surface area contributed by atoms with Gasteiger partial charge in [-0.1, -0.05) is 37.6 Å². The maximum atomic E-state index is 12.2. The van der Waals surface area contributed by atoms with Gasteiger partial charge in [-0.25, -0.2) is 13.1 Å². The number of hydrogen-bond donors (Lipinski definition) is 3. The molecule has 0 atom stereocenters. The van der Waals surface area contributed by atoms with Crippen molar-refractivity contribution in [1.82, 2.24) is 4.72 Å². The van der Waals surface area contributed by atoms with Crippen molar-refractivity contribution in [3.8, 4) is 0 Å². The van der Waals surface area contributed by atoms with Crippen LogP contribution in [0.4, 0.5) is 11.4 Å². The summed E-state index contributed by atoms with van der Waals surface area (Å²) in [4.78, 5) is 23.9. The Balaban J connectivity index is 1.88. The summed E-state index contributed by atoms with van der Waals surface area (Å²) in [7, 11) is -3.74. The topological polar surface area (TPSA) is 104 Å². The normalized spacial score (nSPS) is 11.3. The molecule has 0 bridgehead atoms. The van der Waals surface area contributed by atoms with E-state index in [1.165, 1.54) is 18.2 Å². The minimum Gasteiger partial charge on any atom is -0.326 e.